The number of carbonyl (C=O) groups excluding carboxylic acids is 2. The predicted octanol–water partition coefficient (Wildman–Crippen LogP) is 2.51. The Balaban J connectivity index is 1.76. The maximum absolute atomic E-state index is 12.1. The molecule has 1 aromatic carbocycles. The van der Waals surface area contributed by atoms with Crippen molar-refractivity contribution in [1.82, 2.24) is 9.88 Å². The minimum Gasteiger partial charge on any atom is -0.352 e. The lowest BCUT2D eigenvalue weighted by atomic mass is 10.2. The van der Waals surface area contributed by atoms with Crippen LogP contribution in [0.15, 0.2) is 30.5 Å². The second kappa shape index (κ2) is 5.49. The minimum absolute atomic E-state index is 0.0471. The van der Waals surface area contributed by atoms with Crippen LogP contribution in [0.1, 0.15) is 36.0 Å². The van der Waals surface area contributed by atoms with Gasteiger partial charge in [0, 0.05) is 23.3 Å². The maximum Gasteiger partial charge on any atom is 0.240 e. The Labute approximate surface area is 117 Å². The lowest BCUT2D eigenvalue weighted by molar-refractivity contribution is -0.122. The third kappa shape index (κ3) is 2.59. The van der Waals surface area contributed by atoms with Crippen LogP contribution in [0.3, 0.4) is 0 Å². The SMILES string of the molecule is O=Cc1ccc2ccn(CC(=O)NC3CCCC3)c2c1. The van der Waals surface area contributed by atoms with Crippen LogP contribution in [-0.4, -0.2) is 22.8 Å². The molecule has 0 spiro atoms. The molecule has 1 aromatic heterocycles. The molecule has 4 nitrogen and oxygen atoms in total. The summed E-state index contributed by atoms with van der Waals surface area (Å²) in [6, 6.07) is 7.83. The van der Waals surface area contributed by atoms with Crippen molar-refractivity contribution in [3.05, 3.63) is 36.0 Å². The Morgan fingerprint density at radius 1 is 1.30 bits per heavy atom. The van der Waals surface area contributed by atoms with Crippen molar-refractivity contribution in [3.8, 4) is 0 Å². The molecule has 0 atom stereocenters. The number of carbonyl (C=O) groups is 2. The summed E-state index contributed by atoms with van der Waals surface area (Å²) in [6.45, 7) is 0.308. The second-order valence-corrected chi connectivity index (χ2v) is 5.43. The molecule has 0 saturated heterocycles. The first-order chi connectivity index (χ1) is 9.76. The molecule has 1 aliphatic carbocycles. The highest BCUT2D eigenvalue weighted by Crippen LogP contribution is 2.19. The zero-order valence-corrected chi connectivity index (χ0v) is 11.3. The summed E-state index contributed by atoms with van der Waals surface area (Å²) in [5, 5.41) is 4.13. The fourth-order valence-electron chi connectivity index (χ4n) is 2.91. The minimum atomic E-state index is 0.0471. The smallest absolute Gasteiger partial charge is 0.240 e. The topological polar surface area (TPSA) is 51.1 Å². The lowest BCUT2D eigenvalue weighted by Gasteiger charge is -2.12. The number of aldehydes is 1. The van der Waals surface area contributed by atoms with Gasteiger partial charge >= 0.3 is 0 Å². The van der Waals surface area contributed by atoms with E-state index in [0.29, 0.717) is 18.2 Å². The molecule has 1 N–H and O–H groups in total. The van der Waals surface area contributed by atoms with Gasteiger partial charge in [-0.1, -0.05) is 25.0 Å². The van der Waals surface area contributed by atoms with Crippen molar-refractivity contribution < 1.29 is 9.59 Å². The monoisotopic (exact) mass is 270 g/mol. The summed E-state index contributed by atoms with van der Waals surface area (Å²) in [5.41, 5.74) is 1.56. The Morgan fingerprint density at radius 2 is 2.10 bits per heavy atom. The third-order valence-electron chi connectivity index (χ3n) is 3.97. The number of benzene rings is 1. The van der Waals surface area contributed by atoms with Crippen molar-refractivity contribution in [2.75, 3.05) is 0 Å². The van der Waals surface area contributed by atoms with Gasteiger partial charge in [-0.25, -0.2) is 0 Å². The molecule has 0 bridgehead atoms. The van der Waals surface area contributed by atoms with E-state index < -0.39 is 0 Å². The number of amides is 1. The van der Waals surface area contributed by atoms with E-state index >= 15 is 0 Å². The maximum atomic E-state index is 12.1. The number of fused-ring (bicyclic) bond motifs is 1. The molecule has 4 heteroatoms. The van der Waals surface area contributed by atoms with E-state index in [0.717, 1.165) is 30.0 Å². The molecule has 1 aliphatic rings. The first-order valence-electron chi connectivity index (χ1n) is 7.10. The highest BCUT2D eigenvalue weighted by molar-refractivity contribution is 5.88. The summed E-state index contributed by atoms with van der Waals surface area (Å²) in [4.78, 5) is 22.9. The van der Waals surface area contributed by atoms with Gasteiger partial charge in [-0.15, -0.1) is 0 Å². The van der Waals surface area contributed by atoms with Crippen molar-refractivity contribution in [1.29, 1.82) is 0 Å². The molecular formula is C16H18N2O2. The molecule has 2 aromatic rings. The predicted molar refractivity (Wildman–Crippen MR) is 77.7 cm³/mol. The molecule has 1 saturated carbocycles. The van der Waals surface area contributed by atoms with Crippen LogP contribution in [0, 0.1) is 0 Å². The normalized spacial score (nSPS) is 15.6. The first-order valence-corrected chi connectivity index (χ1v) is 7.10. The first kappa shape index (κ1) is 12.9. The van der Waals surface area contributed by atoms with Gasteiger partial charge < -0.3 is 9.88 Å². The Kier molecular flexibility index (Phi) is 3.54. The fourth-order valence-corrected chi connectivity index (χ4v) is 2.91. The van der Waals surface area contributed by atoms with Crippen LogP contribution in [0.25, 0.3) is 10.9 Å². The summed E-state index contributed by atoms with van der Waals surface area (Å²) in [5.74, 6) is 0.0471. The largest absolute Gasteiger partial charge is 0.352 e. The number of rotatable bonds is 4. The van der Waals surface area contributed by atoms with Crippen LogP contribution in [0.2, 0.25) is 0 Å². The molecule has 0 unspecified atom stereocenters. The van der Waals surface area contributed by atoms with E-state index in [4.69, 9.17) is 0 Å². The molecule has 1 heterocycles. The van der Waals surface area contributed by atoms with Gasteiger partial charge in [0.05, 0.1) is 0 Å². The van der Waals surface area contributed by atoms with E-state index in [1.165, 1.54) is 12.8 Å². The highest BCUT2D eigenvalue weighted by atomic mass is 16.2. The fraction of sp³-hybridized carbons (Fsp3) is 0.375. The summed E-state index contributed by atoms with van der Waals surface area (Å²) >= 11 is 0. The van der Waals surface area contributed by atoms with E-state index in [-0.39, 0.29) is 5.91 Å². The van der Waals surface area contributed by atoms with E-state index in [2.05, 4.69) is 5.32 Å². The van der Waals surface area contributed by atoms with E-state index in [9.17, 15) is 9.59 Å². The standard InChI is InChI=1S/C16H18N2O2/c19-11-12-5-6-13-7-8-18(15(13)9-12)10-16(20)17-14-3-1-2-4-14/h5-9,11,14H,1-4,10H2,(H,17,20). The molecular weight excluding hydrogens is 252 g/mol. The van der Waals surface area contributed by atoms with Crippen molar-refractivity contribution in [2.45, 2.75) is 38.3 Å². The quantitative estimate of drug-likeness (QED) is 0.868. The van der Waals surface area contributed by atoms with E-state index in [1.807, 2.05) is 29.0 Å². The Morgan fingerprint density at radius 3 is 2.85 bits per heavy atom. The average molecular weight is 270 g/mol. The van der Waals surface area contributed by atoms with Crippen molar-refractivity contribution in [3.63, 3.8) is 0 Å². The molecule has 0 aliphatic heterocycles. The van der Waals surface area contributed by atoms with Crippen LogP contribution in [0.5, 0.6) is 0 Å². The number of nitrogens with zero attached hydrogens (tertiary/aromatic N) is 1. The van der Waals surface area contributed by atoms with E-state index in [1.54, 1.807) is 6.07 Å². The summed E-state index contributed by atoms with van der Waals surface area (Å²) < 4.78 is 1.90. The van der Waals surface area contributed by atoms with Crippen molar-refractivity contribution >= 4 is 23.1 Å². The van der Waals surface area contributed by atoms with Gasteiger partial charge in [-0.05, 0) is 30.4 Å². The molecule has 3 rings (SSSR count). The van der Waals surface area contributed by atoms with Gasteiger partial charge in [0.2, 0.25) is 5.91 Å². The summed E-state index contributed by atoms with van der Waals surface area (Å²) in [6.07, 6.45) is 7.32. The second-order valence-electron chi connectivity index (χ2n) is 5.43. The van der Waals surface area contributed by atoms with Gasteiger partial charge in [-0.3, -0.25) is 9.59 Å². The van der Waals surface area contributed by atoms with Crippen LogP contribution in [0.4, 0.5) is 0 Å². The van der Waals surface area contributed by atoms with Crippen LogP contribution in [-0.2, 0) is 11.3 Å². The molecule has 20 heavy (non-hydrogen) atoms. The van der Waals surface area contributed by atoms with Crippen LogP contribution >= 0.6 is 0 Å². The van der Waals surface area contributed by atoms with Gasteiger partial charge in [-0.2, -0.15) is 0 Å². The molecule has 104 valence electrons. The number of nitrogens with one attached hydrogen (secondary N) is 1. The Hall–Kier alpha value is -2.10. The number of hydrogen-bond acceptors (Lipinski definition) is 2. The zero-order chi connectivity index (χ0) is 13.9. The lowest BCUT2D eigenvalue weighted by Crippen LogP contribution is -2.35. The van der Waals surface area contributed by atoms with Crippen LogP contribution < -0.4 is 5.32 Å². The highest BCUT2D eigenvalue weighted by Gasteiger charge is 2.17. The van der Waals surface area contributed by atoms with Gasteiger partial charge in [0.15, 0.2) is 0 Å². The van der Waals surface area contributed by atoms with Gasteiger partial charge in [0.25, 0.3) is 0 Å². The average Bonchev–Trinajstić information content (AvgIpc) is 3.08. The van der Waals surface area contributed by atoms with Gasteiger partial charge in [0.1, 0.15) is 12.8 Å². The number of aromatic nitrogens is 1. The zero-order valence-electron chi connectivity index (χ0n) is 11.3. The molecule has 1 amide bonds. The molecule has 0 radical (unpaired) electrons. The van der Waals surface area contributed by atoms with Crippen molar-refractivity contribution in [2.24, 2.45) is 0 Å². The number of hydrogen-bond donors (Lipinski definition) is 1. The Bertz CT molecular complexity index is 639. The third-order valence-corrected chi connectivity index (χ3v) is 3.97. The summed E-state index contributed by atoms with van der Waals surface area (Å²) in [7, 11) is 0. The molecule has 1 fully saturated rings.